The Bertz CT molecular complexity index is 1520. The van der Waals surface area contributed by atoms with E-state index in [-0.39, 0.29) is 36.3 Å². The molecule has 3 N–H and O–H groups in total. The number of hydrogen-bond donors (Lipinski definition) is 3. The molecule has 1 saturated heterocycles. The van der Waals surface area contributed by atoms with Gasteiger partial charge in [0.15, 0.2) is 5.69 Å². The van der Waals surface area contributed by atoms with Crippen molar-refractivity contribution in [1.29, 1.82) is 0 Å². The summed E-state index contributed by atoms with van der Waals surface area (Å²) in [4.78, 5) is 35.7. The van der Waals surface area contributed by atoms with Crippen molar-refractivity contribution in [2.45, 2.75) is 79.3 Å². The van der Waals surface area contributed by atoms with Crippen molar-refractivity contribution in [2.24, 2.45) is 0 Å². The molecular formula is C33H43F2N7O2. The smallest absolute Gasteiger partial charge is 0.276 e. The minimum atomic E-state index is -2.64. The zero-order valence-electron chi connectivity index (χ0n) is 26.4. The minimum Gasteiger partial charge on any atom is -0.348 e. The summed E-state index contributed by atoms with van der Waals surface area (Å²) in [5, 5.41) is 13.4. The van der Waals surface area contributed by atoms with Crippen LogP contribution in [0.25, 0.3) is 22.0 Å². The number of H-pyrrole nitrogens is 1. The number of fused-ring (bicyclic) bond motifs is 1. The van der Waals surface area contributed by atoms with Crippen LogP contribution < -0.4 is 10.6 Å². The predicted molar refractivity (Wildman–Crippen MR) is 171 cm³/mol. The number of nitrogens with one attached hydrogen (secondary N) is 3. The van der Waals surface area contributed by atoms with Crippen LogP contribution in [0.4, 0.5) is 14.5 Å². The molecule has 44 heavy (non-hydrogen) atoms. The van der Waals surface area contributed by atoms with Crippen molar-refractivity contribution < 1.29 is 18.4 Å². The van der Waals surface area contributed by atoms with Gasteiger partial charge in [0, 0.05) is 48.9 Å². The molecule has 4 heterocycles. The number of carbonyl (C=O) groups excluding carboxylic acids is 2. The van der Waals surface area contributed by atoms with E-state index in [0.717, 1.165) is 29.5 Å². The number of rotatable bonds is 9. The number of pyridine rings is 2. The highest BCUT2D eigenvalue weighted by Gasteiger charge is 2.37. The van der Waals surface area contributed by atoms with Crippen molar-refractivity contribution in [2.75, 3.05) is 18.4 Å². The van der Waals surface area contributed by atoms with Crippen LogP contribution >= 0.6 is 0 Å². The first-order valence-corrected chi connectivity index (χ1v) is 15.4. The van der Waals surface area contributed by atoms with Crippen LogP contribution in [-0.2, 0) is 6.54 Å². The molecule has 5 rings (SSSR count). The Morgan fingerprint density at radius 2 is 1.73 bits per heavy atom. The topological polar surface area (TPSA) is 116 Å². The molecule has 2 amide bonds. The third-order valence-electron chi connectivity index (χ3n) is 7.14. The summed E-state index contributed by atoms with van der Waals surface area (Å²) in [6.07, 6.45) is 6.36. The van der Waals surface area contributed by atoms with Gasteiger partial charge in [-0.15, -0.1) is 0 Å². The molecule has 1 aliphatic heterocycles. The first-order valence-electron chi connectivity index (χ1n) is 15.4. The standard InChI is InChI=1S/C29H31F2N7O2.2C2H6/c1-3-21(4-2)34-27(39)25-8-6-22(15-33-25)35-28(40)26-23-12-19(5-7-24(23)36-37-26)20-11-18(13-32-14-20)16-38-10-9-29(30,31)17-38;2*1-2/h5-8,11-15,21H,3-4,9-10,16-17H2,1-2H3,(H,34,39)(H,35,40)(H,36,37);2*1-2H3. The maximum atomic E-state index is 13.6. The third-order valence-corrected chi connectivity index (χ3v) is 7.14. The summed E-state index contributed by atoms with van der Waals surface area (Å²) in [6, 6.07) is 10.8. The molecule has 0 saturated carbocycles. The van der Waals surface area contributed by atoms with Crippen molar-refractivity contribution in [3.8, 4) is 11.1 Å². The first kappa shape index (κ1) is 34.2. The van der Waals surface area contributed by atoms with Gasteiger partial charge in [-0.3, -0.25) is 24.6 Å². The zero-order valence-corrected chi connectivity index (χ0v) is 26.4. The number of amides is 2. The molecule has 0 aliphatic carbocycles. The average molecular weight is 608 g/mol. The van der Waals surface area contributed by atoms with E-state index < -0.39 is 11.8 Å². The number of hydrogen-bond acceptors (Lipinski definition) is 6. The van der Waals surface area contributed by atoms with Crippen LogP contribution in [0.2, 0.25) is 0 Å². The molecule has 9 nitrogen and oxygen atoms in total. The zero-order chi connectivity index (χ0) is 32.3. The summed E-state index contributed by atoms with van der Waals surface area (Å²) in [5.74, 6) is -3.33. The van der Waals surface area contributed by atoms with Crippen LogP contribution in [-0.4, -0.2) is 61.9 Å². The summed E-state index contributed by atoms with van der Waals surface area (Å²) in [7, 11) is 0. The Kier molecular flexibility index (Phi) is 12.5. The fourth-order valence-electron chi connectivity index (χ4n) is 4.84. The average Bonchev–Trinajstić information content (AvgIpc) is 3.63. The van der Waals surface area contributed by atoms with Crippen molar-refractivity contribution in [1.82, 2.24) is 30.4 Å². The monoisotopic (exact) mass is 607 g/mol. The van der Waals surface area contributed by atoms with E-state index in [0.29, 0.717) is 29.7 Å². The lowest BCUT2D eigenvalue weighted by atomic mass is 10.0. The van der Waals surface area contributed by atoms with E-state index in [1.165, 1.54) is 6.20 Å². The molecule has 4 aromatic rings. The van der Waals surface area contributed by atoms with Gasteiger partial charge in [-0.2, -0.15) is 5.10 Å². The lowest BCUT2D eigenvalue weighted by molar-refractivity contribution is 0.0115. The Labute approximate surface area is 257 Å². The second-order valence-electron chi connectivity index (χ2n) is 10.1. The highest BCUT2D eigenvalue weighted by molar-refractivity contribution is 6.11. The van der Waals surface area contributed by atoms with Gasteiger partial charge < -0.3 is 10.6 Å². The largest absolute Gasteiger partial charge is 0.348 e. The van der Waals surface area contributed by atoms with Gasteiger partial charge in [-0.05, 0) is 54.3 Å². The van der Waals surface area contributed by atoms with Crippen molar-refractivity contribution in [3.63, 3.8) is 0 Å². The molecule has 0 spiro atoms. The minimum absolute atomic E-state index is 0.0860. The van der Waals surface area contributed by atoms with E-state index in [9.17, 15) is 18.4 Å². The molecule has 3 aromatic heterocycles. The van der Waals surface area contributed by atoms with Gasteiger partial charge in [0.05, 0.1) is 23.9 Å². The van der Waals surface area contributed by atoms with Gasteiger partial charge in [-0.25, -0.2) is 13.8 Å². The summed E-state index contributed by atoms with van der Waals surface area (Å²) < 4.78 is 27.2. The first-order chi connectivity index (χ1) is 21.2. The number of aromatic amines is 1. The SMILES string of the molecule is CC.CC.CCC(CC)NC(=O)c1ccc(NC(=O)c2n[nH]c3ccc(-c4cncc(CN5CCC(F)(F)C5)c4)cc23)cn1. The van der Waals surface area contributed by atoms with Gasteiger partial charge in [0.1, 0.15) is 5.69 Å². The Balaban J connectivity index is 0.00000127. The van der Waals surface area contributed by atoms with Crippen LogP contribution in [0, 0.1) is 0 Å². The Morgan fingerprint density at radius 3 is 2.36 bits per heavy atom. The van der Waals surface area contributed by atoms with Gasteiger partial charge >= 0.3 is 0 Å². The molecule has 1 fully saturated rings. The van der Waals surface area contributed by atoms with Gasteiger partial charge in [-0.1, -0.05) is 47.6 Å². The lowest BCUT2D eigenvalue weighted by Gasteiger charge is -2.15. The second kappa shape index (κ2) is 16.0. The Hall–Kier alpha value is -4.25. The van der Waals surface area contributed by atoms with Gasteiger partial charge in [0.2, 0.25) is 0 Å². The van der Waals surface area contributed by atoms with Crippen LogP contribution in [0.3, 0.4) is 0 Å². The van der Waals surface area contributed by atoms with Crippen molar-refractivity contribution >= 4 is 28.4 Å². The number of likely N-dealkylation sites (tertiary alicyclic amines) is 1. The number of nitrogens with zero attached hydrogens (tertiary/aromatic N) is 4. The van der Waals surface area contributed by atoms with E-state index in [1.54, 1.807) is 29.4 Å². The molecule has 1 aliphatic rings. The summed E-state index contributed by atoms with van der Waals surface area (Å²) >= 11 is 0. The summed E-state index contributed by atoms with van der Waals surface area (Å²) in [5.41, 5.74) is 4.06. The van der Waals surface area contributed by atoms with E-state index in [2.05, 4.69) is 30.8 Å². The number of alkyl halides is 2. The molecule has 236 valence electrons. The highest BCUT2D eigenvalue weighted by atomic mass is 19.3. The molecule has 0 atom stereocenters. The number of anilines is 1. The van der Waals surface area contributed by atoms with E-state index >= 15 is 0 Å². The fourth-order valence-corrected chi connectivity index (χ4v) is 4.84. The summed E-state index contributed by atoms with van der Waals surface area (Å²) in [6.45, 7) is 12.5. The second-order valence-corrected chi connectivity index (χ2v) is 10.1. The number of carbonyl (C=O) groups is 2. The molecule has 0 bridgehead atoms. The molecule has 1 aromatic carbocycles. The number of aromatic nitrogens is 4. The normalized spacial score (nSPS) is 13.9. The fraction of sp³-hybridized carbons (Fsp3) is 0.424. The lowest BCUT2D eigenvalue weighted by Crippen LogP contribution is -2.34. The maximum absolute atomic E-state index is 13.6. The number of benzene rings is 1. The third kappa shape index (κ3) is 8.66. The van der Waals surface area contributed by atoms with Gasteiger partial charge in [0.25, 0.3) is 17.7 Å². The van der Waals surface area contributed by atoms with Crippen LogP contribution in [0.5, 0.6) is 0 Å². The van der Waals surface area contributed by atoms with Crippen LogP contribution in [0.1, 0.15) is 87.3 Å². The molecule has 0 unspecified atom stereocenters. The molecular weight excluding hydrogens is 564 g/mol. The van der Waals surface area contributed by atoms with E-state index in [1.807, 2.05) is 65.8 Å². The molecule has 0 radical (unpaired) electrons. The van der Waals surface area contributed by atoms with E-state index in [4.69, 9.17) is 0 Å². The number of halogens is 2. The van der Waals surface area contributed by atoms with Crippen molar-refractivity contribution in [3.05, 3.63) is 71.9 Å². The predicted octanol–water partition coefficient (Wildman–Crippen LogP) is 7.08. The Morgan fingerprint density at radius 1 is 0.977 bits per heavy atom. The molecule has 11 heteroatoms. The quantitative estimate of drug-likeness (QED) is 0.187. The highest BCUT2D eigenvalue weighted by Crippen LogP contribution is 2.29. The van der Waals surface area contributed by atoms with Crippen LogP contribution in [0.15, 0.2) is 55.0 Å². The maximum Gasteiger partial charge on any atom is 0.276 e.